The molecule has 1 atom stereocenters. The van der Waals surface area contributed by atoms with Crippen LogP contribution in [-0.4, -0.2) is 25.1 Å². The molecule has 0 fully saturated rings. The quantitative estimate of drug-likeness (QED) is 0.888. The Kier molecular flexibility index (Phi) is 5.28. The van der Waals surface area contributed by atoms with Crippen molar-refractivity contribution in [2.45, 2.75) is 19.1 Å². The number of ether oxygens (including phenoxy) is 2. The van der Waals surface area contributed by atoms with Crippen LogP contribution in [0, 0.1) is 5.82 Å². The zero-order chi connectivity index (χ0) is 16.9. The number of hydrogen-bond acceptors (Lipinski definition) is 4. The highest BCUT2D eigenvalue weighted by atomic mass is 19.1. The average molecular weight is 318 g/mol. The van der Waals surface area contributed by atoms with Crippen LogP contribution in [0.2, 0.25) is 0 Å². The van der Waals surface area contributed by atoms with Crippen LogP contribution in [-0.2, 0) is 21.7 Å². The zero-order valence-electron chi connectivity index (χ0n) is 13.3. The van der Waals surface area contributed by atoms with Crippen molar-refractivity contribution >= 4 is 5.91 Å². The van der Waals surface area contributed by atoms with E-state index in [1.807, 2.05) is 0 Å². The molecule has 0 aliphatic heterocycles. The number of nitrogens with zero attached hydrogens (tertiary/aromatic N) is 1. The third kappa shape index (κ3) is 3.48. The fourth-order valence-electron chi connectivity index (χ4n) is 2.26. The second-order valence-electron chi connectivity index (χ2n) is 5.09. The van der Waals surface area contributed by atoms with Crippen molar-refractivity contribution in [2.75, 3.05) is 14.2 Å². The Hall–Kier alpha value is -2.47. The molecule has 1 amide bonds. The van der Waals surface area contributed by atoms with Gasteiger partial charge in [-0.3, -0.25) is 9.78 Å². The molecule has 0 spiro atoms. The summed E-state index contributed by atoms with van der Waals surface area (Å²) >= 11 is 0. The molecule has 1 heterocycles. The number of benzene rings is 1. The molecule has 122 valence electrons. The van der Waals surface area contributed by atoms with E-state index in [4.69, 9.17) is 9.47 Å². The normalized spacial score (nSPS) is 13.2. The summed E-state index contributed by atoms with van der Waals surface area (Å²) in [5.74, 6) is -0.365. The predicted octanol–water partition coefficient (Wildman–Crippen LogP) is 2.41. The maximum atomic E-state index is 14.0. The molecular weight excluding hydrogens is 299 g/mol. The van der Waals surface area contributed by atoms with Gasteiger partial charge in [-0.15, -0.1) is 0 Å². The molecule has 2 rings (SSSR count). The molecule has 0 saturated heterocycles. The summed E-state index contributed by atoms with van der Waals surface area (Å²) in [5, 5.41) is 2.75. The number of pyridine rings is 1. The number of rotatable bonds is 6. The number of aromatic nitrogens is 1. The number of hydrogen-bond donors (Lipinski definition) is 1. The van der Waals surface area contributed by atoms with Crippen molar-refractivity contribution in [1.29, 1.82) is 0 Å². The molecule has 0 saturated carbocycles. The highest BCUT2D eigenvalue weighted by Crippen LogP contribution is 2.27. The molecule has 1 unspecified atom stereocenters. The topological polar surface area (TPSA) is 60.5 Å². The molecule has 2 aromatic rings. The number of amides is 1. The lowest BCUT2D eigenvalue weighted by atomic mass is 9.94. The Balaban J connectivity index is 2.19. The van der Waals surface area contributed by atoms with Gasteiger partial charge >= 0.3 is 0 Å². The maximum absolute atomic E-state index is 14.0. The molecule has 0 bridgehead atoms. The van der Waals surface area contributed by atoms with E-state index in [2.05, 4.69) is 10.3 Å². The van der Waals surface area contributed by atoms with Crippen LogP contribution in [0.1, 0.15) is 18.1 Å². The number of halogens is 1. The van der Waals surface area contributed by atoms with Gasteiger partial charge in [0, 0.05) is 31.0 Å². The largest absolute Gasteiger partial charge is 0.495 e. The van der Waals surface area contributed by atoms with E-state index in [1.165, 1.54) is 33.3 Å². The molecule has 0 aliphatic carbocycles. The van der Waals surface area contributed by atoms with E-state index in [-0.39, 0.29) is 12.1 Å². The summed E-state index contributed by atoms with van der Waals surface area (Å²) < 4.78 is 24.5. The van der Waals surface area contributed by atoms with Crippen LogP contribution < -0.4 is 10.1 Å². The number of carbonyl (C=O) groups is 1. The standard InChI is InChI=1S/C17H19FN2O3/c1-17(23-3,13-6-4-5-7-14(13)18)16(21)20-10-12-8-9-19-11-15(12)22-2/h4-9,11H,10H2,1-3H3,(H,20,21). The summed E-state index contributed by atoms with van der Waals surface area (Å²) in [6, 6.07) is 7.80. The smallest absolute Gasteiger partial charge is 0.256 e. The minimum atomic E-state index is -1.42. The van der Waals surface area contributed by atoms with Crippen molar-refractivity contribution < 1.29 is 18.7 Å². The average Bonchev–Trinajstić information content (AvgIpc) is 2.59. The van der Waals surface area contributed by atoms with Gasteiger partial charge in [-0.05, 0) is 19.1 Å². The number of methoxy groups -OCH3 is 2. The first-order valence-electron chi connectivity index (χ1n) is 7.08. The van der Waals surface area contributed by atoms with Crippen LogP contribution in [0.25, 0.3) is 0 Å². The van der Waals surface area contributed by atoms with Gasteiger partial charge in [0.15, 0.2) is 5.60 Å². The van der Waals surface area contributed by atoms with Gasteiger partial charge in [-0.1, -0.05) is 18.2 Å². The molecule has 1 aromatic carbocycles. The van der Waals surface area contributed by atoms with Gasteiger partial charge in [0.25, 0.3) is 5.91 Å². The van der Waals surface area contributed by atoms with Gasteiger partial charge in [-0.2, -0.15) is 0 Å². The van der Waals surface area contributed by atoms with E-state index < -0.39 is 17.3 Å². The van der Waals surface area contributed by atoms with Crippen LogP contribution in [0.15, 0.2) is 42.7 Å². The third-order valence-corrected chi connectivity index (χ3v) is 3.76. The molecular formula is C17H19FN2O3. The van der Waals surface area contributed by atoms with Gasteiger partial charge in [0.2, 0.25) is 0 Å². The van der Waals surface area contributed by atoms with Crippen molar-refractivity contribution in [3.05, 3.63) is 59.7 Å². The summed E-state index contributed by atoms with van der Waals surface area (Å²) in [4.78, 5) is 16.5. The van der Waals surface area contributed by atoms with Crippen molar-refractivity contribution in [3.63, 3.8) is 0 Å². The number of nitrogens with one attached hydrogen (secondary N) is 1. The fraction of sp³-hybridized carbons (Fsp3) is 0.294. The first-order chi connectivity index (χ1) is 11.0. The third-order valence-electron chi connectivity index (χ3n) is 3.76. The predicted molar refractivity (Wildman–Crippen MR) is 83.4 cm³/mol. The highest BCUT2D eigenvalue weighted by Gasteiger charge is 2.37. The lowest BCUT2D eigenvalue weighted by Gasteiger charge is -2.27. The first-order valence-corrected chi connectivity index (χ1v) is 7.08. The summed E-state index contributed by atoms with van der Waals surface area (Å²) in [6.07, 6.45) is 3.17. The SMILES string of the molecule is COc1cnccc1CNC(=O)C(C)(OC)c1ccccc1F. The van der Waals surface area contributed by atoms with Crippen molar-refractivity contribution in [3.8, 4) is 5.75 Å². The summed E-state index contributed by atoms with van der Waals surface area (Å²) in [6.45, 7) is 1.75. The summed E-state index contributed by atoms with van der Waals surface area (Å²) in [7, 11) is 2.90. The zero-order valence-corrected chi connectivity index (χ0v) is 13.3. The minimum Gasteiger partial charge on any atom is -0.495 e. The van der Waals surface area contributed by atoms with Crippen molar-refractivity contribution in [1.82, 2.24) is 10.3 Å². The minimum absolute atomic E-state index is 0.182. The Bertz CT molecular complexity index is 693. The second-order valence-corrected chi connectivity index (χ2v) is 5.09. The highest BCUT2D eigenvalue weighted by molar-refractivity contribution is 5.86. The molecule has 5 nitrogen and oxygen atoms in total. The molecule has 1 aromatic heterocycles. The lowest BCUT2D eigenvalue weighted by Crippen LogP contribution is -2.44. The maximum Gasteiger partial charge on any atom is 0.256 e. The van der Waals surface area contributed by atoms with Gasteiger partial charge in [0.1, 0.15) is 11.6 Å². The molecule has 0 aliphatic rings. The van der Waals surface area contributed by atoms with Crippen LogP contribution in [0.4, 0.5) is 4.39 Å². The first kappa shape index (κ1) is 16.9. The van der Waals surface area contributed by atoms with Gasteiger partial charge < -0.3 is 14.8 Å². The fourth-order valence-corrected chi connectivity index (χ4v) is 2.26. The van der Waals surface area contributed by atoms with E-state index in [0.717, 1.165) is 5.56 Å². The van der Waals surface area contributed by atoms with Crippen LogP contribution in [0.3, 0.4) is 0 Å². The van der Waals surface area contributed by atoms with E-state index in [0.29, 0.717) is 5.75 Å². The van der Waals surface area contributed by atoms with Crippen LogP contribution in [0.5, 0.6) is 5.75 Å². The van der Waals surface area contributed by atoms with E-state index in [1.54, 1.807) is 30.6 Å². The Morgan fingerprint density at radius 1 is 1.30 bits per heavy atom. The van der Waals surface area contributed by atoms with E-state index >= 15 is 0 Å². The van der Waals surface area contributed by atoms with Crippen molar-refractivity contribution in [2.24, 2.45) is 0 Å². The Morgan fingerprint density at radius 2 is 2.04 bits per heavy atom. The van der Waals surface area contributed by atoms with Gasteiger partial charge in [0.05, 0.1) is 13.3 Å². The lowest BCUT2D eigenvalue weighted by molar-refractivity contribution is -0.143. The molecule has 6 heteroatoms. The molecule has 0 radical (unpaired) electrons. The monoisotopic (exact) mass is 318 g/mol. The Labute approximate surface area is 134 Å². The second kappa shape index (κ2) is 7.19. The Morgan fingerprint density at radius 3 is 2.70 bits per heavy atom. The number of carbonyl (C=O) groups excluding carboxylic acids is 1. The molecule has 23 heavy (non-hydrogen) atoms. The van der Waals surface area contributed by atoms with Gasteiger partial charge in [-0.25, -0.2) is 4.39 Å². The summed E-state index contributed by atoms with van der Waals surface area (Å²) in [5.41, 5.74) is -0.476. The molecule has 1 N–H and O–H groups in total. The van der Waals surface area contributed by atoms with Crippen LogP contribution >= 0.6 is 0 Å². The van der Waals surface area contributed by atoms with E-state index in [9.17, 15) is 9.18 Å².